The lowest BCUT2D eigenvalue weighted by atomic mass is 10.0. The third kappa shape index (κ3) is 2.82. The standard InChI is InChI=1S/C14H20N2O2/c1-15(2)13-4-3-9-16(10-13)12-7-5-11(6-8-12)14(17)18/h5-8,13H,3-4,9-10H2,1-2H3,(H,17,18). The fourth-order valence-electron chi connectivity index (χ4n) is 2.43. The van der Waals surface area contributed by atoms with Crippen LogP contribution in [-0.4, -0.2) is 49.2 Å². The molecule has 0 spiro atoms. The summed E-state index contributed by atoms with van der Waals surface area (Å²) in [5, 5.41) is 8.88. The monoisotopic (exact) mass is 248 g/mol. The van der Waals surface area contributed by atoms with Crippen molar-refractivity contribution < 1.29 is 9.90 Å². The molecular formula is C14H20N2O2. The number of benzene rings is 1. The van der Waals surface area contributed by atoms with E-state index in [1.54, 1.807) is 12.1 Å². The topological polar surface area (TPSA) is 43.8 Å². The van der Waals surface area contributed by atoms with Crippen LogP contribution in [0.25, 0.3) is 0 Å². The van der Waals surface area contributed by atoms with Crippen LogP contribution in [0.5, 0.6) is 0 Å². The molecule has 1 aromatic rings. The van der Waals surface area contributed by atoms with Crippen LogP contribution in [-0.2, 0) is 0 Å². The summed E-state index contributed by atoms with van der Waals surface area (Å²) < 4.78 is 0. The quantitative estimate of drug-likeness (QED) is 0.887. The van der Waals surface area contributed by atoms with Crippen LogP contribution in [0.15, 0.2) is 24.3 Å². The maximum atomic E-state index is 10.8. The van der Waals surface area contributed by atoms with Crippen molar-refractivity contribution in [2.75, 3.05) is 32.1 Å². The van der Waals surface area contributed by atoms with Gasteiger partial charge in [-0.05, 0) is 51.2 Å². The molecule has 0 radical (unpaired) electrons. The Kier molecular flexibility index (Phi) is 3.87. The lowest BCUT2D eigenvalue weighted by molar-refractivity contribution is 0.0697. The Balaban J connectivity index is 2.09. The molecule has 1 fully saturated rings. The van der Waals surface area contributed by atoms with E-state index in [4.69, 9.17) is 5.11 Å². The highest BCUT2D eigenvalue weighted by Crippen LogP contribution is 2.22. The van der Waals surface area contributed by atoms with E-state index in [1.807, 2.05) is 12.1 Å². The smallest absolute Gasteiger partial charge is 0.335 e. The molecule has 0 aromatic heterocycles. The van der Waals surface area contributed by atoms with Gasteiger partial charge in [-0.3, -0.25) is 0 Å². The third-order valence-corrected chi connectivity index (χ3v) is 3.61. The largest absolute Gasteiger partial charge is 0.478 e. The van der Waals surface area contributed by atoms with Crippen LogP contribution in [0.1, 0.15) is 23.2 Å². The van der Waals surface area contributed by atoms with Gasteiger partial charge in [0.2, 0.25) is 0 Å². The first-order chi connectivity index (χ1) is 8.58. The molecular weight excluding hydrogens is 228 g/mol. The number of hydrogen-bond donors (Lipinski definition) is 1. The van der Waals surface area contributed by atoms with E-state index >= 15 is 0 Å². The highest BCUT2D eigenvalue weighted by molar-refractivity contribution is 5.88. The number of hydrogen-bond acceptors (Lipinski definition) is 3. The molecule has 1 heterocycles. The van der Waals surface area contributed by atoms with E-state index in [1.165, 1.54) is 12.8 Å². The lowest BCUT2D eigenvalue weighted by Gasteiger charge is -2.37. The van der Waals surface area contributed by atoms with E-state index in [0.29, 0.717) is 11.6 Å². The van der Waals surface area contributed by atoms with Gasteiger partial charge >= 0.3 is 5.97 Å². The molecule has 1 unspecified atom stereocenters. The number of aromatic carboxylic acids is 1. The van der Waals surface area contributed by atoms with Crippen molar-refractivity contribution >= 4 is 11.7 Å². The fraction of sp³-hybridized carbons (Fsp3) is 0.500. The summed E-state index contributed by atoms with van der Waals surface area (Å²) in [7, 11) is 4.23. The first kappa shape index (κ1) is 12.9. The van der Waals surface area contributed by atoms with Gasteiger partial charge in [0, 0.05) is 24.8 Å². The normalized spacial score (nSPS) is 20.2. The van der Waals surface area contributed by atoms with Crippen LogP contribution in [0.2, 0.25) is 0 Å². The third-order valence-electron chi connectivity index (χ3n) is 3.61. The number of carboxylic acids is 1. The number of rotatable bonds is 3. The predicted octanol–water partition coefficient (Wildman–Crippen LogP) is 1.92. The van der Waals surface area contributed by atoms with Gasteiger partial charge in [-0.15, -0.1) is 0 Å². The molecule has 1 N–H and O–H groups in total. The van der Waals surface area contributed by atoms with Crippen molar-refractivity contribution in [3.8, 4) is 0 Å². The molecule has 0 aliphatic carbocycles. The highest BCUT2D eigenvalue weighted by Gasteiger charge is 2.21. The molecule has 1 atom stereocenters. The van der Waals surface area contributed by atoms with E-state index in [-0.39, 0.29) is 0 Å². The summed E-state index contributed by atoms with van der Waals surface area (Å²) in [4.78, 5) is 15.4. The molecule has 98 valence electrons. The Morgan fingerprint density at radius 1 is 1.33 bits per heavy atom. The molecule has 1 saturated heterocycles. The molecule has 0 amide bonds. The first-order valence-corrected chi connectivity index (χ1v) is 6.32. The van der Waals surface area contributed by atoms with Gasteiger partial charge in [0.1, 0.15) is 0 Å². The zero-order valence-electron chi connectivity index (χ0n) is 11.0. The second-order valence-corrected chi connectivity index (χ2v) is 5.06. The number of likely N-dealkylation sites (N-methyl/N-ethyl adjacent to an activating group) is 1. The van der Waals surface area contributed by atoms with E-state index < -0.39 is 5.97 Å². The number of carboxylic acid groups (broad SMARTS) is 1. The van der Waals surface area contributed by atoms with Gasteiger partial charge < -0.3 is 14.9 Å². The van der Waals surface area contributed by atoms with Crippen molar-refractivity contribution in [2.24, 2.45) is 0 Å². The Hall–Kier alpha value is -1.55. The first-order valence-electron chi connectivity index (χ1n) is 6.32. The summed E-state index contributed by atoms with van der Waals surface area (Å²) in [6.45, 7) is 2.07. The Morgan fingerprint density at radius 2 is 2.00 bits per heavy atom. The van der Waals surface area contributed by atoms with Crippen molar-refractivity contribution in [2.45, 2.75) is 18.9 Å². The zero-order chi connectivity index (χ0) is 13.1. The second kappa shape index (κ2) is 5.40. The maximum Gasteiger partial charge on any atom is 0.335 e. The molecule has 0 saturated carbocycles. The number of nitrogens with zero attached hydrogens (tertiary/aromatic N) is 2. The van der Waals surface area contributed by atoms with Crippen molar-refractivity contribution in [1.29, 1.82) is 0 Å². The van der Waals surface area contributed by atoms with Gasteiger partial charge in [-0.25, -0.2) is 4.79 Å². The zero-order valence-corrected chi connectivity index (χ0v) is 11.0. The number of carbonyl (C=O) groups is 1. The summed E-state index contributed by atoms with van der Waals surface area (Å²) >= 11 is 0. The molecule has 1 aliphatic heterocycles. The van der Waals surface area contributed by atoms with E-state index in [9.17, 15) is 4.79 Å². The molecule has 2 rings (SSSR count). The van der Waals surface area contributed by atoms with Crippen molar-refractivity contribution in [3.63, 3.8) is 0 Å². The summed E-state index contributed by atoms with van der Waals surface area (Å²) in [6, 6.07) is 7.74. The minimum Gasteiger partial charge on any atom is -0.478 e. The van der Waals surface area contributed by atoms with Crippen LogP contribution < -0.4 is 4.90 Å². The fourth-order valence-corrected chi connectivity index (χ4v) is 2.43. The molecule has 1 aliphatic rings. The van der Waals surface area contributed by atoms with Gasteiger partial charge in [0.25, 0.3) is 0 Å². The number of anilines is 1. The summed E-state index contributed by atoms with van der Waals surface area (Å²) in [5.41, 5.74) is 1.46. The van der Waals surface area contributed by atoms with Gasteiger partial charge in [-0.2, -0.15) is 0 Å². The molecule has 4 heteroatoms. The Bertz CT molecular complexity index is 414. The van der Waals surface area contributed by atoms with Crippen LogP contribution in [0.3, 0.4) is 0 Å². The Labute approximate surface area is 108 Å². The predicted molar refractivity (Wildman–Crippen MR) is 72.3 cm³/mol. The average Bonchev–Trinajstić information content (AvgIpc) is 2.39. The van der Waals surface area contributed by atoms with Gasteiger partial charge in [-0.1, -0.05) is 0 Å². The highest BCUT2D eigenvalue weighted by atomic mass is 16.4. The minimum atomic E-state index is -0.869. The second-order valence-electron chi connectivity index (χ2n) is 5.06. The van der Waals surface area contributed by atoms with Crippen molar-refractivity contribution in [1.82, 2.24) is 4.90 Å². The SMILES string of the molecule is CN(C)C1CCCN(c2ccc(C(=O)O)cc2)C1. The van der Waals surface area contributed by atoms with Crippen LogP contribution in [0.4, 0.5) is 5.69 Å². The maximum absolute atomic E-state index is 10.8. The molecule has 18 heavy (non-hydrogen) atoms. The lowest BCUT2D eigenvalue weighted by Crippen LogP contribution is -2.45. The Morgan fingerprint density at radius 3 is 2.56 bits per heavy atom. The molecule has 4 nitrogen and oxygen atoms in total. The van der Waals surface area contributed by atoms with Crippen LogP contribution >= 0.6 is 0 Å². The molecule has 1 aromatic carbocycles. The van der Waals surface area contributed by atoms with E-state index in [2.05, 4.69) is 23.9 Å². The average molecular weight is 248 g/mol. The summed E-state index contributed by atoms with van der Waals surface area (Å²) in [6.07, 6.45) is 2.42. The minimum absolute atomic E-state index is 0.347. The molecule has 0 bridgehead atoms. The van der Waals surface area contributed by atoms with E-state index in [0.717, 1.165) is 18.8 Å². The number of piperidine rings is 1. The van der Waals surface area contributed by atoms with Gasteiger partial charge in [0.15, 0.2) is 0 Å². The van der Waals surface area contributed by atoms with Crippen LogP contribution in [0, 0.1) is 0 Å². The van der Waals surface area contributed by atoms with Crippen molar-refractivity contribution in [3.05, 3.63) is 29.8 Å². The summed E-state index contributed by atoms with van der Waals surface area (Å²) in [5.74, 6) is -0.869. The van der Waals surface area contributed by atoms with Gasteiger partial charge in [0.05, 0.1) is 5.56 Å².